The van der Waals surface area contributed by atoms with Crippen molar-refractivity contribution in [2.75, 3.05) is 22.9 Å². The van der Waals surface area contributed by atoms with Crippen molar-refractivity contribution in [3.63, 3.8) is 0 Å². The van der Waals surface area contributed by atoms with Crippen LogP contribution in [0.1, 0.15) is 43.1 Å². The summed E-state index contributed by atoms with van der Waals surface area (Å²) in [7, 11) is 0. The second-order valence-corrected chi connectivity index (χ2v) is 9.75. The van der Waals surface area contributed by atoms with Gasteiger partial charge in [0.1, 0.15) is 24.1 Å². The molecule has 0 bridgehead atoms. The van der Waals surface area contributed by atoms with E-state index in [1.165, 1.54) is 23.4 Å². The third kappa shape index (κ3) is 3.79. The van der Waals surface area contributed by atoms with Crippen molar-refractivity contribution in [3.05, 3.63) is 35.9 Å². The number of hydrogen-bond acceptors (Lipinski definition) is 6. The quantitative estimate of drug-likeness (QED) is 0.475. The predicted molar refractivity (Wildman–Crippen MR) is 119 cm³/mol. The number of nitrogens with zero attached hydrogens (tertiary/aromatic N) is 7. The van der Waals surface area contributed by atoms with E-state index in [9.17, 15) is 26.7 Å². The molecule has 3 aliphatic heterocycles. The molecule has 0 aliphatic carbocycles. The maximum absolute atomic E-state index is 15.3. The highest BCUT2D eigenvalue weighted by molar-refractivity contribution is 5.99. The fourth-order valence-corrected chi connectivity index (χ4v) is 6.08. The number of pyridine rings is 1. The largest absolute Gasteiger partial charge is 0.433 e. The van der Waals surface area contributed by atoms with E-state index in [1.807, 2.05) is 4.90 Å². The Morgan fingerprint density at radius 1 is 1.14 bits per heavy atom. The van der Waals surface area contributed by atoms with Crippen LogP contribution in [0.5, 0.6) is 0 Å². The molecule has 0 radical (unpaired) electrons. The Hall–Kier alpha value is -3.45. The van der Waals surface area contributed by atoms with Crippen molar-refractivity contribution < 1.29 is 31.1 Å². The number of hydrogen-bond donors (Lipinski definition) is 0. The summed E-state index contributed by atoms with van der Waals surface area (Å²) in [6.07, 6.45) is -4.64. The maximum atomic E-state index is 15.3. The van der Waals surface area contributed by atoms with Crippen LogP contribution in [0.4, 0.5) is 37.8 Å². The zero-order valence-electron chi connectivity index (χ0n) is 19.3. The fraction of sp³-hybridized carbons (Fsp3) is 0.522. The average Bonchev–Trinajstić information content (AvgIpc) is 3.36. The van der Waals surface area contributed by atoms with Crippen LogP contribution in [0.3, 0.4) is 0 Å². The number of piperidine rings is 1. The van der Waals surface area contributed by atoms with Gasteiger partial charge >= 0.3 is 6.18 Å². The van der Waals surface area contributed by atoms with Gasteiger partial charge in [0.25, 0.3) is 6.43 Å². The first-order chi connectivity index (χ1) is 17.6. The molecule has 14 heteroatoms. The summed E-state index contributed by atoms with van der Waals surface area (Å²) in [6.45, 7) is 0.269. The normalized spacial score (nSPS) is 23.3. The van der Waals surface area contributed by atoms with Gasteiger partial charge in [-0.25, -0.2) is 27.8 Å². The predicted octanol–water partition coefficient (Wildman–Crippen LogP) is 4.31. The van der Waals surface area contributed by atoms with Crippen LogP contribution in [0.15, 0.2) is 24.7 Å². The number of alkyl halides is 6. The molecule has 2 fully saturated rings. The molecular formula is C23H21F6N7O. The van der Waals surface area contributed by atoms with Gasteiger partial charge in [-0.2, -0.15) is 18.3 Å². The van der Waals surface area contributed by atoms with E-state index in [1.54, 1.807) is 0 Å². The number of rotatable bonds is 3. The zero-order valence-corrected chi connectivity index (χ0v) is 19.3. The van der Waals surface area contributed by atoms with Crippen LogP contribution in [-0.2, 0) is 17.5 Å². The van der Waals surface area contributed by atoms with E-state index in [-0.39, 0.29) is 30.1 Å². The lowest BCUT2D eigenvalue weighted by Gasteiger charge is -2.46. The van der Waals surface area contributed by atoms with Gasteiger partial charge in [0.2, 0.25) is 5.91 Å². The molecule has 3 aromatic rings. The van der Waals surface area contributed by atoms with Gasteiger partial charge in [-0.05, 0) is 18.9 Å². The summed E-state index contributed by atoms with van der Waals surface area (Å²) in [6, 6.07) is 0.706. The summed E-state index contributed by atoms with van der Waals surface area (Å²) in [5.74, 6) is 0.140. The van der Waals surface area contributed by atoms with E-state index in [0.717, 1.165) is 10.9 Å². The zero-order chi connectivity index (χ0) is 26.1. The van der Waals surface area contributed by atoms with E-state index in [2.05, 4.69) is 20.1 Å². The van der Waals surface area contributed by atoms with Crippen molar-refractivity contribution in [3.8, 4) is 0 Å². The Morgan fingerprint density at radius 2 is 1.89 bits per heavy atom. The lowest BCUT2D eigenvalue weighted by molar-refractivity contribution is -0.142. The van der Waals surface area contributed by atoms with E-state index in [4.69, 9.17) is 0 Å². The first-order valence-corrected chi connectivity index (χ1v) is 11.8. The summed E-state index contributed by atoms with van der Waals surface area (Å²) in [5, 5.41) is 3.92. The Balaban J connectivity index is 1.26. The molecule has 8 nitrogen and oxygen atoms in total. The molecule has 3 aliphatic rings. The molecule has 196 valence electrons. The summed E-state index contributed by atoms with van der Waals surface area (Å²) < 4.78 is 82.7. The number of anilines is 2. The van der Waals surface area contributed by atoms with Crippen LogP contribution in [0.2, 0.25) is 0 Å². The molecule has 6 heterocycles. The van der Waals surface area contributed by atoms with Gasteiger partial charge in [-0.3, -0.25) is 9.78 Å². The summed E-state index contributed by atoms with van der Waals surface area (Å²) in [5.41, 5.74) is -1.90. The molecule has 2 unspecified atom stereocenters. The van der Waals surface area contributed by atoms with Crippen molar-refractivity contribution in [2.45, 2.75) is 57.0 Å². The topological polar surface area (TPSA) is 80.0 Å². The minimum Gasteiger partial charge on any atom is -0.355 e. The smallest absolute Gasteiger partial charge is 0.355 e. The molecule has 37 heavy (non-hydrogen) atoms. The molecule has 1 amide bonds. The van der Waals surface area contributed by atoms with Crippen LogP contribution in [-0.4, -0.2) is 56.2 Å². The minimum atomic E-state index is -4.83. The third-order valence-electron chi connectivity index (χ3n) is 7.76. The number of halogens is 6. The van der Waals surface area contributed by atoms with Crippen molar-refractivity contribution in [1.29, 1.82) is 0 Å². The van der Waals surface area contributed by atoms with Crippen molar-refractivity contribution in [2.24, 2.45) is 5.41 Å². The molecule has 0 N–H and O–H groups in total. The van der Waals surface area contributed by atoms with E-state index < -0.39 is 48.0 Å². The minimum absolute atomic E-state index is 0.0565. The molecule has 2 atom stereocenters. The molecular weight excluding hydrogens is 504 g/mol. The van der Waals surface area contributed by atoms with Crippen molar-refractivity contribution in [1.82, 2.24) is 24.7 Å². The molecule has 0 aromatic carbocycles. The number of aromatic nitrogens is 5. The highest BCUT2D eigenvalue weighted by Gasteiger charge is 2.57. The van der Waals surface area contributed by atoms with Crippen molar-refractivity contribution >= 4 is 28.6 Å². The molecule has 1 spiro atoms. The maximum Gasteiger partial charge on any atom is 0.433 e. The Kier molecular flexibility index (Phi) is 5.35. The van der Waals surface area contributed by atoms with E-state index >= 15 is 4.39 Å². The number of fused-ring (bicyclic) bond motifs is 5. The van der Waals surface area contributed by atoms with Crippen LogP contribution >= 0.6 is 0 Å². The first-order valence-electron chi connectivity index (χ1n) is 11.8. The van der Waals surface area contributed by atoms with Gasteiger partial charge in [-0.1, -0.05) is 0 Å². The average molecular weight is 525 g/mol. The van der Waals surface area contributed by atoms with Gasteiger partial charge < -0.3 is 9.80 Å². The molecule has 2 saturated heterocycles. The highest BCUT2D eigenvalue weighted by atomic mass is 19.4. The monoisotopic (exact) mass is 525 g/mol. The van der Waals surface area contributed by atoms with Gasteiger partial charge in [0.15, 0.2) is 11.3 Å². The number of carbonyl (C=O) groups is 1. The second-order valence-electron chi connectivity index (χ2n) is 9.75. The molecule has 6 rings (SSSR count). The lowest BCUT2D eigenvalue weighted by Crippen LogP contribution is -2.50. The van der Waals surface area contributed by atoms with E-state index in [0.29, 0.717) is 37.3 Å². The van der Waals surface area contributed by atoms with Crippen LogP contribution < -0.4 is 9.80 Å². The Labute approximate surface area is 206 Å². The highest BCUT2D eigenvalue weighted by Crippen LogP contribution is 2.56. The third-order valence-corrected chi connectivity index (χ3v) is 7.76. The Bertz CT molecular complexity index is 1370. The van der Waals surface area contributed by atoms with Gasteiger partial charge in [0, 0.05) is 49.1 Å². The Morgan fingerprint density at radius 3 is 2.59 bits per heavy atom. The fourth-order valence-electron chi connectivity index (χ4n) is 6.08. The summed E-state index contributed by atoms with van der Waals surface area (Å²) in [4.78, 5) is 28.5. The van der Waals surface area contributed by atoms with Crippen LogP contribution in [0.25, 0.3) is 11.2 Å². The number of carbonyl (C=O) groups excluding carboxylic acids is 1. The number of amides is 1. The standard InChI is InChI=1S/C23H21F6N7O/c24-12-7-15-22(8-18(37)36(15)14-1-4-30-20(19(12)14)23(27,28)29)2-5-34(6-3-22)17-10-31-13-9-32-35(11-16(25)26)21(13)33-17/h1,4,9-10,12,15-16H,2-3,5-8,11H2. The van der Waals surface area contributed by atoms with Crippen LogP contribution in [0, 0.1) is 5.41 Å². The second kappa shape index (κ2) is 8.28. The van der Waals surface area contributed by atoms with Gasteiger partial charge in [0.05, 0.1) is 18.1 Å². The summed E-state index contributed by atoms with van der Waals surface area (Å²) >= 11 is 0. The lowest BCUT2D eigenvalue weighted by atomic mass is 9.69. The molecule has 3 aromatic heterocycles. The molecule has 0 saturated carbocycles. The SMILES string of the molecule is O=C1CC2(CCN(c3cnc4cnn(CC(F)F)c4n3)CC2)C2CC(F)c3c(ccnc3C(F)(F)F)N12. The van der Waals surface area contributed by atoms with Gasteiger partial charge in [-0.15, -0.1) is 0 Å². The first kappa shape index (κ1) is 23.9.